The molecule has 3 aromatic rings. The van der Waals surface area contributed by atoms with Gasteiger partial charge in [-0.2, -0.15) is 5.10 Å². The second kappa shape index (κ2) is 7.73. The molecule has 6 nitrogen and oxygen atoms in total. The van der Waals surface area contributed by atoms with E-state index in [-0.39, 0.29) is 17.9 Å². The number of fused-ring (bicyclic) bond motifs is 1. The molecule has 0 fully saturated rings. The Labute approximate surface area is 156 Å². The summed E-state index contributed by atoms with van der Waals surface area (Å²) in [5.74, 6) is 0.0650. The van der Waals surface area contributed by atoms with Crippen molar-refractivity contribution in [2.45, 2.75) is 45.2 Å². The monoisotopic (exact) mass is 367 g/mol. The molecule has 0 spiro atoms. The normalized spacial score (nSPS) is 13.4. The summed E-state index contributed by atoms with van der Waals surface area (Å²) in [6.07, 6.45) is 7.17. The minimum absolute atomic E-state index is 0.224. The summed E-state index contributed by atoms with van der Waals surface area (Å²) in [6.45, 7) is 0.949. The smallest absolute Gasteiger partial charge is 0.252 e. The molecular formula is C20H22FN5O. The molecule has 1 aliphatic rings. The number of hydrogen-bond donors (Lipinski definition) is 2. The SMILES string of the molecule is O=c1cc(CCn2ncc3c2CCCC3)nc(NCc2ccccc2F)[nH]1. The van der Waals surface area contributed by atoms with E-state index in [0.29, 0.717) is 30.2 Å². The van der Waals surface area contributed by atoms with Crippen molar-refractivity contribution in [3.05, 3.63) is 75.2 Å². The number of hydrogen-bond acceptors (Lipinski definition) is 4. The van der Waals surface area contributed by atoms with E-state index in [1.54, 1.807) is 18.2 Å². The molecule has 1 aliphatic carbocycles. The van der Waals surface area contributed by atoms with Crippen LogP contribution in [0.3, 0.4) is 0 Å². The lowest BCUT2D eigenvalue weighted by Gasteiger charge is -2.14. The third-order valence-corrected chi connectivity index (χ3v) is 4.92. The number of rotatable bonds is 6. The van der Waals surface area contributed by atoms with Gasteiger partial charge in [0.2, 0.25) is 5.95 Å². The molecule has 2 N–H and O–H groups in total. The lowest BCUT2D eigenvalue weighted by Crippen LogP contribution is -2.16. The van der Waals surface area contributed by atoms with Crippen LogP contribution in [-0.2, 0) is 32.4 Å². The van der Waals surface area contributed by atoms with Crippen LogP contribution in [0.15, 0.2) is 41.3 Å². The summed E-state index contributed by atoms with van der Waals surface area (Å²) in [5.41, 5.74) is 3.64. The number of nitrogens with one attached hydrogen (secondary N) is 2. The van der Waals surface area contributed by atoms with Crippen LogP contribution < -0.4 is 10.9 Å². The molecule has 27 heavy (non-hydrogen) atoms. The first-order chi connectivity index (χ1) is 13.2. The Hall–Kier alpha value is -2.96. The molecule has 4 rings (SSSR count). The van der Waals surface area contributed by atoms with Crippen LogP contribution in [0, 0.1) is 5.82 Å². The molecular weight excluding hydrogens is 345 g/mol. The fourth-order valence-electron chi connectivity index (χ4n) is 3.51. The minimum atomic E-state index is -0.285. The fourth-order valence-corrected chi connectivity index (χ4v) is 3.51. The Morgan fingerprint density at radius 2 is 2.07 bits per heavy atom. The molecule has 1 aromatic carbocycles. The molecule has 0 saturated heterocycles. The van der Waals surface area contributed by atoms with Crippen molar-refractivity contribution in [3.8, 4) is 0 Å². The van der Waals surface area contributed by atoms with Crippen molar-refractivity contribution in [2.75, 3.05) is 5.32 Å². The fraction of sp³-hybridized carbons (Fsp3) is 0.350. The molecule has 2 aromatic heterocycles. The predicted octanol–water partition coefficient (Wildman–Crippen LogP) is 2.84. The van der Waals surface area contributed by atoms with E-state index >= 15 is 0 Å². The summed E-state index contributed by atoms with van der Waals surface area (Å²) in [4.78, 5) is 19.1. The first kappa shape index (κ1) is 17.5. The van der Waals surface area contributed by atoms with Crippen molar-refractivity contribution < 1.29 is 4.39 Å². The van der Waals surface area contributed by atoms with Gasteiger partial charge in [-0.1, -0.05) is 18.2 Å². The summed E-state index contributed by atoms with van der Waals surface area (Å²) in [5, 5.41) is 7.49. The highest BCUT2D eigenvalue weighted by Gasteiger charge is 2.15. The summed E-state index contributed by atoms with van der Waals surface area (Å²) < 4.78 is 15.8. The number of aromatic amines is 1. The van der Waals surface area contributed by atoms with Crippen LogP contribution in [0.25, 0.3) is 0 Å². The highest BCUT2D eigenvalue weighted by molar-refractivity contribution is 5.29. The molecule has 0 radical (unpaired) electrons. The van der Waals surface area contributed by atoms with Crippen LogP contribution in [0.5, 0.6) is 0 Å². The van der Waals surface area contributed by atoms with E-state index in [9.17, 15) is 9.18 Å². The van der Waals surface area contributed by atoms with Gasteiger partial charge in [0.05, 0.1) is 11.9 Å². The maximum Gasteiger partial charge on any atom is 0.252 e. The van der Waals surface area contributed by atoms with E-state index in [2.05, 4.69) is 20.4 Å². The zero-order valence-corrected chi connectivity index (χ0v) is 15.0. The zero-order chi connectivity index (χ0) is 18.6. The Morgan fingerprint density at radius 3 is 2.96 bits per heavy atom. The Bertz CT molecular complexity index is 994. The maximum absolute atomic E-state index is 13.7. The van der Waals surface area contributed by atoms with Gasteiger partial charge in [-0.25, -0.2) is 9.37 Å². The molecule has 2 heterocycles. The van der Waals surface area contributed by atoms with E-state index in [0.717, 1.165) is 12.8 Å². The number of nitrogens with zero attached hydrogens (tertiary/aromatic N) is 3. The molecule has 0 amide bonds. The van der Waals surface area contributed by atoms with Crippen molar-refractivity contribution in [2.24, 2.45) is 0 Å². The van der Waals surface area contributed by atoms with Crippen LogP contribution in [0.2, 0.25) is 0 Å². The molecule has 140 valence electrons. The Balaban J connectivity index is 1.44. The molecule has 0 atom stereocenters. The number of aryl methyl sites for hydroxylation is 3. The van der Waals surface area contributed by atoms with Gasteiger partial charge in [0.1, 0.15) is 5.82 Å². The summed E-state index contributed by atoms with van der Waals surface area (Å²) in [7, 11) is 0. The van der Waals surface area contributed by atoms with Crippen LogP contribution in [0.4, 0.5) is 10.3 Å². The van der Waals surface area contributed by atoms with E-state index in [1.165, 1.54) is 36.2 Å². The topological polar surface area (TPSA) is 75.6 Å². The standard InChI is InChI=1S/C20H22FN5O/c21-17-7-3-1-5-14(17)12-22-20-24-16(11-19(27)25-20)9-10-26-18-8-4-2-6-15(18)13-23-26/h1,3,5,7,11,13H,2,4,6,8-10,12H2,(H2,22,24,25,27). The van der Waals surface area contributed by atoms with Gasteiger partial charge in [-0.3, -0.25) is 14.5 Å². The predicted molar refractivity (Wildman–Crippen MR) is 101 cm³/mol. The van der Waals surface area contributed by atoms with Crippen LogP contribution in [0.1, 0.15) is 35.4 Å². The first-order valence-corrected chi connectivity index (χ1v) is 9.30. The lowest BCUT2D eigenvalue weighted by molar-refractivity contribution is 0.553. The molecule has 0 bridgehead atoms. The van der Waals surface area contributed by atoms with Gasteiger partial charge in [-0.05, 0) is 37.3 Å². The van der Waals surface area contributed by atoms with Crippen molar-refractivity contribution in [1.82, 2.24) is 19.7 Å². The second-order valence-corrected chi connectivity index (χ2v) is 6.83. The van der Waals surface area contributed by atoms with Gasteiger partial charge in [-0.15, -0.1) is 0 Å². The largest absolute Gasteiger partial charge is 0.352 e. The maximum atomic E-state index is 13.7. The van der Waals surface area contributed by atoms with Crippen LogP contribution >= 0.6 is 0 Å². The Morgan fingerprint density at radius 1 is 1.22 bits per heavy atom. The average Bonchev–Trinajstić information content (AvgIpc) is 3.09. The number of benzene rings is 1. The third-order valence-electron chi connectivity index (χ3n) is 4.92. The molecule has 0 saturated carbocycles. The van der Waals surface area contributed by atoms with Gasteiger partial charge < -0.3 is 5.32 Å². The van der Waals surface area contributed by atoms with Gasteiger partial charge >= 0.3 is 0 Å². The highest BCUT2D eigenvalue weighted by Crippen LogP contribution is 2.20. The minimum Gasteiger partial charge on any atom is -0.352 e. The number of anilines is 1. The third kappa shape index (κ3) is 4.07. The number of aromatic nitrogens is 4. The van der Waals surface area contributed by atoms with E-state index in [4.69, 9.17) is 0 Å². The quantitative estimate of drug-likeness (QED) is 0.702. The number of halogens is 1. The summed E-state index contributed by atoms with van der Waals surface area (Å²) >= 11 is 0. The Kier molecular flexibility index (Phi) is 5.00. The van der Waals surface area contributed by atoms with Gasteiger partial charge in [0.25, 0.3) is 5.56 Å². The average molecular weight is 367 g/mol. The van der Waals surface area contributed by atoms with Crippen LogP contribution in [-0.4, -0.2) is 19.7 Å². The second-order valence-electron chi connectivity index (χ2n) is 6.83. The highest BCUT2D eigenvalue weighted by atomic mass is 19.1. The zero-order valence-electron chi connectivity index (χ0n) is 15.0. The van der Waals surface area contributed by atoms with Crippen molar-refractivity contribution in [3.63, 3.8) is 0 Å². The first-order valence-electron chi connectivity index (χ1n) is 9.30. The summed E-state index contributed by atoms with van der Waals surface area (Å²) in [6, 6.07) is 8.04. The van der Waals surface area contributed by atoms with Crippen molar-refractivity contribution >= 4 is 5.95 Å². The number of H-pyrrole nitrogens is 1. The van der Waals surface area contributed by atoms with Gasteiger partial charge in [0.15, 0.2) is 0 Å². The van der Waals surface area contributed by atoms with E-state index < -0.39 is 0 Å². The lowest BCUT2D eigenvalue weighted by atomic mass is 9.98. The molecule has 0 unspecified atom stereocenters. The molecule has 0 aliphatic heterocycles. The van der Waals surface area contributed by atoms with Gasteiger partial charge in [0, 0.05) is 36.8 Å². The van der Waals surface area contributed by atoms with Crippen molar-refractivity contribution in [1.29, 1.82) is 0 Å². The molecule has 7 heteroatoms. The van der Waals surface area contributed by atoms with E-state index in [1.807, 2.05) is 10.9 Å².